The summed E-state index contributed by atoms with van der Waals surface area (Å²) in [5, 5.41) is 11.7. The Morgan fingerprint density at radius 3 is 2.37 bits per heavy atom. The Morgan fingerprint density at radius 2 is 1.89 bits per heavy atom. The normalized spacial score (nSPS) is 12.3. The maximum Gasteiger partial charge on any atom is 0.238 e. The Morgan fingerprint density at radius 1 is 1.32 bits per heavy atom. The van der Waals surface area contributed by atoms with Crippen LogP contribution >= 0.6 is 0 Å². The maximum absolute atomic E-state index is 11.8. The van der Waals surface area contributed by atoms with Gasteiger partial charge in [-0.25, -0.2) is 0 Å². The van der Waals surface area contributed by atoms with E-state index in [0.29, 0.717) is 11.3 Å². The molecule has 5 nitrogen and oxygen atoms in total. The van der Waals surface area contributed by atoms with Gasteiger partial charge in [0.2, 0.25) is 5.91 Å². The van der Waals surface area contributed by atoms with Gasteiger partial charge in [0, 0.05) is 17.3 Å². The van der Waals surface area contributed by atoms with E-state index in [0.717, 1.165) is 0 Å². The third kappa shape index (κ3) is 4.81. The van der Waals surface area contributed by atoms with Gasteiger partial charge >= 0.3 is 0 Å². The van der Waals surface area contributed by atoms with Crippen LogP contribution in [0.5, 0.6) is 0 Å². The van der Waals surface area contributed by atoms with Gasteiger partial charge in [-0.15, -0.1) is 0 Å². The van der Waals surface area contributed by atoms with Crippen LogP contribution in [0.4, 0.5) is 5.69 Å². The summed E-state index contributed by atoms with van der Waals surface area (Å²) < 4.78 is 0. The second-order valence-corrected chi connectivity index (χ2v) is 4.63. The molecule has 0 aliphatic heterocycles. The van der Waals surface area contributed by atoms with Crippen LogP contribution in [0, 0.1) is 0 Å². The number of ketones is 1. The number of likely N-dealkylation sites (N-methyl/N-ethyl adjacent to an activating group) is 1. The molecule has 0 spiro atoms. The first-order valence-electron chi connectivity index (χ1n) is 6.16. The zero-order valence-electron chi connectivity index (χ0n) is 11.5. The summed E-state index contributed by atoms with van der Waals surface area (Å²) in [5.41, 5.74) is 1.27. The molecule has 1 aromatic rings. The molecule has 0 heterocycles. The zero-order valence-corrected chi connectivity index (χ0v) is 11.5. The first kappa shape index (κ1) is 15.3. The summed E-state index contributed by atoms with van der Waals surface area (Å²) in [6.07, 6.45) is 0. The number of nitrogens with one attached hydrogen (secondary N) is 1. The van der Waals surface area contributed by atoms with Crippen LogP contribution in [0.3, 0.4) is 0 Å². The number of aliphatic hydroxyl groups is 1. The fourth-order valence-electron chi connectivity index (χ4n) is 1.51. The topological polar surface area (TPSA) is 69.6 Å². The minimum Gasteiger partial charge on any atom is -0.395 e. The molecule has 5 heteroatoms. The molecule has 0 fully saturated rings. The Bertz CT molecular complexity index is 443. The van der Waals surface area contributed by atoms with Gasteiger partial charge in [0.05, 0.1) is 13.2 Å². The lowest BCUT2D eigenvalue weighted by molar-refractivity contribution is -0.117. The first-order chi connectivity index (χ1) is 8.93. The molecule has 1 atom stereocenters. The number of carbonyl (C=O) groups excluding carboxylic acids is 2. The molecule has 0 saturated carbocycles. The van der Waals surface area contributed by atoms with Gasteiger partial charge in [0.25, 0.3) is 0 Å². The molecule has 0 radical (unpaired) electrons. The minimum atomic E-state index is -0.154. The van der Waals surface area contributed by atoms with Gasteiger partial charge < -0.3 is 10.4 Å². The Kier molecular flexibility index (Phi) is 5.66. The fraction of sp³-hybridized carbons (Fsp3) is 0.429. The molecule has 1 rings (SSSR count). The summed E-state index contributed by atoms with van der Waals surface area (Å²) in [6.45, 7) is 3.56. The molecule has 0 aliphatic rings. The van der Waals surface area contributed by atoms with Crippen LogP contribution in [0.2, 0.25) is 0 Å². The number of aliphatic hydroxyl groups excluding tert-OH is 1. The van der Waals surface area contributed by atoms with E-state index in [-0.39, 0.29) is 30.9 Å². The van der Waals surface area contributed by atoms with Crippen LogP contribution in [-0.4, -0.2) is 47.9 Å². The number of anilines is 1. The zero-order chi connectivity index (χ0) is 14.4. The second kappa shape index (κ2) is 7.01. The molecule has 0 aliphatic carbocycles. The van der Waals surface area contributed by atoms with E-state index in [9.17, 15) is 9.59 Å². The van der Waals surface area contributed by atoms with Crippen LogP contribution in [0.15, 0.2) is 24.3 Å². The highest BCUT2D eigenvalue weighted by molar-refractivity contribution is 5.96. The van der Waals surface area contributed by atoms with E-state index >= 15 is 0 Å². The Balaban J connectivity index is 2.55. The van der Waals surface area contributed by atoms with Crippen LogP contribution in [-0.2, 0) is 4.79 Å². The second-order valence-electron chi connectivity index (χ2n) is 4.63. The molecule has 1 aromatic carbocycles. The van der Waals surface area contributed by atoms with Crippen molar-refractivity contribution in [3.8, 4) is 0 Å². The van der Waals surface area contributed by atoms with E-state index in [2.05, 4.69) is 5.32 Å². The van der Waals surface area contributed by atoms with Crippen LogP contribution in [0.1, 0.15) is 24.2 Å². The Labute approximate surface area is 113 Å². The summed E-state index contributed by atoms with van der Waals surface area (Å²) in [5.74, 6) is -0.159. The maximum atomic E-state index is 11.8. The third-order valence-corrected chi connectivity index (χ3v) is 2.98. The monoisotopic (exact) mass is 264 g/mol. The number of rotatable bonds is 6. The molecule has 1 unspecified atom stereocenters. The van der Waals surface area contributed by atoms with Gasteiger partial charge in [0.1, 0.15) is 0 Å². The average molecular weight is 264 g/mol. The van der Waals surface area contributed by atoms with Crippen molar-refractivity contribution in [3.63, 3.8) is 0 Å². The number of hydrogen-bond donors (Lipinski definition) is 2. The van der Waals surface area contributed by atoms with E-state index < -0.39 is 0 Å². The lowest BCUT2D eigenvalue weighted by Crippen LogP contribution is -2.38. The van der Waals surface area contributed by atoms with Gasteiger partial charge in [-0.3, -0.25) is 14.5 Å². The van der Waals surface area contributed by atoms with E-state index in [1.54, 1.807) is 36.2 Å². The van der Waals surface area contributed by atoms with Crippen molar-refractivity contribution in [2.24, 2.45) is 0 Å². The van der Waals surface area contributed by atoms with Crippen molar-refractivity contribution >= 4 is 17.4 Å². The number of carbonyl (C=O) groups is 2. The van der Waals surface area contributed by atoms with Crippen LogP contribution < -0.4 is 5.32 Å². The molecule has 19 heavy (non-hydrogen) atoms. The highest BCUT2D eigenvalue weighted by atomic mass is 16.3. The summed E-state index contributed by atoms with van der Waals surface area (Å²) in [6, 6.07) is 6.69. The number of benzene rings is 1. The summed E-state index contributed by atoms with van der Waals surface area (Å²) in [4.78, 5) is 24.6. The van der Waals surface area contributed by atoms with Crippen molar-refractivity contribution in [1.82, 2.24) is 4.90 Å². The third-order valence-electron chi connectivity index (χ3n) is 2.98. The predicted octanol–water partition coefficient (Wildman–Crippen LogP) is 1.14. The number of amides is 1. The average Bonchev–Trinajstić information content (AvgIpc) is 2.38. The molecule has 1 amide bonds. The van der Waals surface area contributed by atoms with Gasteiger partial charge in [-0.05, 0) is 45.2 Å². The number of Topliss-reactive ketones (excluding diaryl/α,β-unsaturated/α-hetero) is 1. The fourth-order valence-corrected chi connectivity index (χ4v) is 1.51. The molecular weight excluding hydrogens is 244 g/mol. The van der Waals surface area contributed by atoms with Crippen LogP contribution in [0.25, 0.3) is 0 Å². The van der Waals surface area contributed by atoms with Gasteiger partial charge in [-0.2, -0.15) is 0 Å². The van der Waals surface area contributed by atoms with Crippen molar-refractivity contribution in [2.45, 2.75) is 19.9 Å². The summed E-state index contributed by atoms with van der Waals surface area (Å²) >= 11 is 0. The van der Waals surface area contributed by atoms with Gasteiger partial charge in [-0.1, -0.05) is 0 Å². The van der Waals surface area contributed by atoms with Crippen molar-refractivity contribution in [1.29, 1.82) is 0 Å². The molecule has 104 valence electrons. The lowest BCUT2D eigenvalue weighted by atomic mass is 10.1. The highest BCUT2D eigenvalue weighted by Gasteiger charge is 2.12. The van der Waals surface area contributed by atoms with Crippen molar-refractivity contribution in [3.05, 3.63) is 29.8 Å². The summed E-state index contributed by atoms with van der Waals surface area (Å²) in [7, 11) is 1.78. The quantitative estimate of drug-likeness (QED) is 0.756. The predicted molar refractivity (Wildman–Crippen MR) is 74.3 cm³/mol. The van der Waals surface area contributed by atoms with Crippen molar-refractivity contribution in [2.75, 3.05) is 25.5 Å². The van der Waals surface area contributed by atoms with E-state index in [1.165, 1.54) is 6.92 Å². The van der Waals surface area contributed by atoms with E-state index in [4.69, 9.17) is 5.11 Å². The molecular formula is C14H20N2O3. The minimum absolute atomic E-state index is 0.00520. The largest absolute Gasteiger partial charge is 0.395 e. The SMILES string of the molecule is CC(=O)c1ccc(NC(=O)CN(C)C(C)CO)cc1. The first-order valence-corrected chi connectivity index (χ1v) is 6.16. The van der Waals surface area contributed by atoms with Gasteiger partial charge in [0.15, 0.2) is 5.78 Å². The molecule has 0 saturated heterocycles. The van der Waals surface area contributed by atoms with E-state index in [1.807, 2.05) is 6.92 Å². The molecule has 0 aromatic heterocycles. The highest BCUT2D eigenvalue weighted by Crippen LogP contribution is 2.10. The molecule has 2 N–H and O–H groups in total. The number of nitrogens with zero attached hydrogens (tertiary/aromatic N) is 1. The number of hydrogen-bond acceptors (Lipinski definition) is 4. The Hall–Kier alpha value is -1.72. The standard InChI is InChI=1S/C14H20N2O3/c1-10(9-17)16(3)8-14(19)15-13-6-4-12(5-7-13)11(2)18/h4-7,10,17H,8-9H2,1-3H3,(H,15,19). The molecule has 0 bridgehead atoms. The smallest absolute Gasteiger partial charge is 0.238 e. The van der Waals surface area contributed by atoms with Crippen molar-refractivity contribution < 1.29 is 14.7 Å². The lowest BCUT2D eigenvalue weighted by Gasteiger charge is -2.21.